The number of hydrogen-bond acceptors (Lipinski definition) is 5. The van der Waals surface area contributed by atoms with E-state index in [-0.39, 0.29) is 18.2 Å². The average Bonchev–Trinajstić information content (AvgIpc) is 2.42. The van der Waals surface area contributed by atoms with E-state index in [4.69, 9.17) is 9.84 Å². The maximum absolute atomic E-state index is 13.0. The molecule has 6 nitrogen and oxygen atoms in total. The molecule has 0 aliphatic rings. The molecule has 0 amide bonds. The minimum atomic E-state index is -0.726. The predicted molar refractivity (Wildman–Crippen MR) is 68.0 cm³/mol. The lowest BCUT2D eigenvalue weighted by atomic mass is 10.2. The van der Waals surface area contributed by atoms with Gasteiger partial charge in [0, 0.05) is 11.8 Å². The molecule has 20 heavy (non-hydrogen) atoms. The third-order valence-electron chi connectivity index (χ3n) is 2.59. The minimum absolute atomic E-state index is 0.0938. The van der Waals surface area contributed by atoms with Crippen molar-refractivity contribution >= 4 is 5.69 Å². The Morgan fingerprint density at radius 2 is 2.20 bits per heavy atom. The van der Waals surface area contributed by atoms with Crippen molar-refractivity contribution in [2.45, 2.75) is 13.5 Å². The normalized spacial score (nSPS) is 10.3. The quantitative estimate of drug-likeness (QED) is 0.686. The number of halogens is 1. The van der Waals surface area contributed by atoms with Crippen molar-refractivity contribution in [3.8, 4) is 11.6 Å². The number of nitrogens with zero attached hydrogens (tertiary/aromatic N) is 2. The molecule has 2 rings (SSSR count). The molecule has 104 valence electrons. The first-order valence-electron chi connectivity index (χ1n) is 5.69. The molecular formula is C13H11FN2O4. The number of nitro benzene ring substituents is 1. The maximum atomic E-state index is 13.0. The zero-order valence-electron chi connectivity index (χ0n) is 10.5. The molecule has 0 atom stereocenters. The molecule has 0 fully saturated rings. The van der Waals surface area contributed by atoms with Crippen LogP contribution in [0.15, 0.2) is 30.5 Å². The van der Waals surface area contributed by atoms with Crippen LogP contribution in [0.5, 0.6) is 11.6 Å². The third kappa shape index (κ3) is 2.89. The fourth-order valence-electron chi connectivity index (χ4n) is 1.64. The first-order chi connectivity index (χ1) is 9.51. The van der Waals surface area contributed by atoms with E-state index < -0.39 is 16.4 Å². The Kier molecular flexibility index (Phi) is 3.90. The number of aliphatic hydroxyl groups excluding tert-OH is 1. The Morgan fingerprint density at radius 3 is 2.80 bits per heavy atom. The summed E-state index contributed by atoms with van der Waals surface area (Å²) < 4.78 is 18.4. The van der Waals surface area contributed by atoms with Crippen LogP contribution in [-0.2, 0) is 6.61 Å². The lowest BCUT2D eigenvalue weighted by Crippen LogP contribution is -1.98. The van der Waals surface area contributed by atoms with Crippen molar-refractivity contribution in [1.29, 1.82) is 0 Å². The lowest BCUT2D eigenvalue weighted by molar-refractivity contribution is -0.385. The Balaban J connectivity index is 2.37. The van der Waals surface area contributed by atoms with Gasteiger partial charge in [0.1, 0.15) is 5.82 Å². The lowest BCUT2D eigenvalue weighted by Gasteiger charge is -2.08. The molecule has 0 radical (unpaired) electrons. The van der Waals surface area contributed by atoms with Crippen LogP contribution in [0.1, 0.15) is 11.1 Å². The summed E-state index contributed by atoms with van der Waals surface area (Å²) in [5, 5.41) is 19.8. The summed E-state index contributed by atoms with van der Waals surface area (Å²) in [6.07, 6.45) is 1.40. The molecule has 0 aliphatic heterocycles. The van der Waals surface area contributed by atoms with Crippen LogP contribution in [0.2, 0.25) is 0 Å². The summed E-state index contributed by atoms with van der Waals surface area (Å²) >= 11 is 0. The molecule has 7 heteroatoms. The molecule has 0 saturated heterocycles. The Morgan fingerprint density at radius 1 is 1.45 bits per heavy atom. The maximum Gasteiger partial charge on any atom is 0.314 e. The third-order valence-corrected chi connectivity index (χ3v) is 2.59. The zero-order chi connectivity index (χ0) is 14.7. The Labute approximate surface area is 113 Å². The zero-order valence-corrected chi connectivity index (χ0v) is 10.5. The van der Waals surface area contributed by atoms with Gasteiger partial charge in [-0.15, -0.1) is 0 Å². The van der Waals surface area contributed by atoms with Gasteiger partial charge in [-0.25, -0.2) is 9.37 Å². The molecule has 0 bridgehead atoms. The van der Waals surface area contributed by atoms with Gasteiger partial charge < -0.3 is 9.84 Å². The fourth-order valence-corrected chi connectivity index (χ4v) is 1.64. The molecule has 1 aromatic heterocycles. The molecular weight excluding hydrogens is 267 g/mol. The van der Waals surface area contributed by atoms with Gasteiger partial charge in [0.05, 0.1) is 17.6 Å². The number of nitro groups is 1. The summed E-state index contributed by atoms with van der Waals surface area (Å²) in [5.41, 5.74) is 0.732. The second kappa shape index (κ2) is 5.62. The van der Waals surface area contributed by atoms with Crippen molar-refractivity contribution < 1.29 is 19.2 Å². The number of aromatic nitrogens is 1. The van der Waals surface area contributed by atoms with Crippen molar-refractivity contribution in [2.75, 3.05) is 0 Å². The highest BCUT2D eigenvalue weighted by molar-refractivity contribution is 5.48. The number of ether oxygens (including phenoxy) is 1. The average molecular weight is 278 g/mol. The number of rotatable bonds is 4. The van der Waals surface area contributed by atoms with Gasteiger partial charge >= 0.3 is 5.69 Å². The molecule has 1 N–H and O–H groups in total. The van der Waals surface area contributed by atoms with E-state index in [1.165, 1.54) is 12.3 Å². The number of aliphatic hydroxyl groups is 1. The second-order valence-corrected chi connectivity index (χ2v) is 4.09. The highest BCUT2D eigenvalue weighted by atomic mass is 19.1. The van der Waals surface area contributed by atoms with E-state index in [9.17, 15) is 14.5 Å². The van der Waals surface area contributed by atoms with Crippen molar-refractivity contribution in [2.24, 2.45) is 0 Å². The largest absolute Gasteiger partial charge is 0.432 e. The van der Waals surface area contributed by atoms with Gasteiger partial charge in [0.15, 0.2) is 0 Å². The molecule has 0 spiro atoms. The monoisotopic (exact) mass is 278 g/mol. The predicted octanol–water partition coefficient (Wildman–Crippen LogP) is 2.72. The van der Waals surface area contributed by atoms with Crippen LogP contribution in [0.4, 0.5) is 10.1 Å². The van der Waals surface area contributed by atoms with E-state index in [1.54, 1.807) is 13.0 Å². The summed E-state index contributed by atoms with van der Waals surface area (Å²) in [7, 11) is 0. The summed E-state index contributed by atoms with van der Waals surface area (Å²) in [4.78, 5) is 14.1. The number of pyridine rings is 1. The Bertz CT molecular complexity index is 661. The molecule has 0 aliphatic carbocycles. The second-order valence-electron chi connectivity index (χ2n) is 4.09. The molecule has 0 saturated carbocycles. The van der Waals surface area contributed by atoms with E-state index in [2.05, 4.69) is 4.98 Å². The van der Waals surface area contributed by atoms with Gasteiger partial charge in [0.2, 0.25) is 11.6 Å². The van der Waals surface area contributed by atoms with Gasteiger partial charge in [-0.2, -0.15) is 0 Å². The van der Waals surface area contributed by atoms with Crippen LogP contribution >= 0.6 is 0 Å². The van der Waals surface area contributed by atoms with Crippen LogP contribution in [0.3, 0.4) is 0 Å². The van der Waals surface area contributed by atoms with E-state index in [0.717, 1.165) is 12.1 Å². The van der Waals surface area contributed by atoms with Gasteiger partial charge in [0.25, 0.3) is 0 Å². The van der Waals surface area contributed by atoms with Crippen LogP contribution in [0.25, 0.3) is 0 Å². The summed E-state index contributed by atoms with van der Waals surface area (Å²) in [5.74, 6) is -0.648. The van der Waals surface area contributed by atoms with E-state index >= 15 is 0 Å². The number of benzene rings is 1. The first-order valence-corrected chi connectivity index (χ1v) is 5.69. The van der Waals surface area contributed by atoms with Crippen LogP contribution in [-0.4, -0.2) is 15.0 Å². The molecule has 1 aromatic carbocycles. The molecule has 2 aromatic rings. The summed E-state index contributed by atoms with van der Waals surface area (Å²) in [6.45, 7) is 1.53. The van der Waals surface area contributed by atoms with Gasteiger partial charge in [-0.05, 0) is 30.7 Å². The first kappa shape index (κ1) is 13.9. The smallest absolute Gasteiger partial charge is 0.314 e. The topological polar surface area (TPSA) is 85.5 Å². The fraction of sp³-hybridized carbons (Fsp3) is 0.154. The van der Waals surface area contributed by atoms with Gasteiger partial charge in [-0.3, -0.25) is 10.1 Å². The van der Waals surface area contributed by atoms with E-state index in [1.807, 2.05) is 0 Å². The van der Waals surface area contributed by atoms with Crippen molar-refractivity contribution in [3.63, 3.8) is 0 Å². The standard InChI is InChI=1S/C13H11FN2O4/c1-8-4-9(7-17)6-15-13(8)20-12-3-2-10(14)5-11(12)16(18)19/h2-6,17H,7H2,1H3. The molecule has 1 heterocycles. The SMILES string of the molecule is Cc1cc(CO)cnc1Oc1ccc(F)cc1[N+](=O)[O-]. The Hall–Kier alpha value is -2.54. The van der Waals surface area contributed by atoms with Crippen molar-refractivity contribution in [3.05, 3.63) is 57.5 Å². The van der Waals surface area contributed by atoms with Crippen molar-refractivity contribution in [1.82, 2.24) is 4.98 Å². The van der Waals surface area contributed by atoms with Crippen LogP contribution < -0.4 is 4.74 Å². The number of aryl methyl sites for hydroxylation is 1. The van der Waals surface area contributed by atoms with Crippen LogP contribution in [0, 0.1) is 22.9 Å². The van der Waals surface area contributed by atoms with Gasteiger partial charge in [-0.1, -0.05) is 0 Å². The number of hydrogen-bond donors (Lipinski definition) is 1. The minimum Gasteiger partial charge on any atom is -0.432 e. The highest BCUT2D eigenvalue weighted by Crippen LogP contribution is 2.32. The van der Waals surface area contributed by atoms with E-state index in [0.29, 0.717) is 11.1 Å². The highest BCUT2D eigenvalue weighted by Gasteiger charge is 2.18. The molecule has 0 unspecified atom stereocenters. The summed E-state index contributed by atoms with van der Waals surface area (Å²) in [6, 6.07) is 4.68.